The minimum absolute atomic E-state index is 0.158. The Morgan fingerprint density at radius 1 is 0.852 bits per heavy atom. The number of methoxy groups -OCH3 is 1. The van der Waals surface area contributed by atoms with Crippen LogP contribution in [0, 0.1) is 0 Å². The number of nitrogens with one attached hydrogen (secondary N) is 1. The topological polar surface area (TPSA) is 72.5 Å². The summed E-state index contributed by atoms with van der Waals surface area (Å²) in [5.41, 5.74) is 3.67. The summed E-state index contributed by atoms with van der Waals surface area (Å²) in [6.07, 6.45) is 0. The van der Waals surface area contributed by atoms with Crippen LogP contribution in [-0.4, -0.2) is 24.8 Å². The van der Waals surface area contributed by atoms with Crippen molar-refractivity contribution >= 4 is 23.3 Å². The average Bonchev–Trinajstić information content (AvgIpc) is 3.00. The number of anilines is 1. The van der Waals surface area contributed by atoms with Crippen LogP contribution in [0.4, 0.5) is 5.69 Å². The third-order valence-electron chi connectivity index (χ3n) is 4.54. The second-order valence-electron chi connectivity index (χ2n) is 6.13. The van der Waals surface area contributed by atoms with E-state index in [1.165, 1.54) is 13.2 Å². The highest BCUT2D eigenvalue weighted by Crippen LogP contribution is 2.38. The molecule has 0 unspecified atom stereocenters. The summed E-state index contributed by atoms with van der Waals surface area (Å²) in [7, 11) is 1.30. The number of rotatable bonds is 3. The van der Waals surface area contributed by atoms with Crippen molar-refractivity contribution in [2.75, 3.05) is 12.4 Å². The molecular weight excluding hydrogens is 342 g/mol. The lowest BCUT2D eigenvalue weighted by Gasteiger charge is -2.10. The van der Waals surface area contributed by atoms with Crippen LogP contribution < -0.4 is 5.32 Å². The average molecular weight is 357 g/mol. The van der Waals surface area contributed by atoms with E-state index in [1.54, 1.807) is 42.5 Å². The standard InChI is InChI=1S/C22H15NO4/c1-27-22(26)13-6-4-7-14(12-13)23-21(25)18-11-5-10-16-15-8-2-3-9-17(15)20(24)19(16)18/h2-12H,1H3,(H,23,25). The molecule has 0 atom stereocenters. The van der Waals surface area contributed by atoms with E-state index in [1.807, 2.05) is 18.2 Å². The van der Waals surface area contributed by atoms with Crippen molar-refractivity contribution in [3.8, 4) is 11.1 Å². The molecule has 5 nitrogen and oxygen atoms in total. The quantitative estimate of drug-likeness (QED) is 0.564. The highest BCUT2D eigenvalue weighted by Gasteiger charge is 2.30. The summed E-state index contributed by atoms with van der Waals surface area (Å²) in [4.78, 5) is 37.3. The van der Waals surface area contributed by atoms with Crippen LogP contribution in [0.25, 0.3) is 11.1 Å². The number of fused-ring (bicyclic) bond motifs is 3. The smallest absolute Gasteiger partial charge is 0.337 e. The number of hydrogen-bond acceptors (Lipinski definition) is 4. The first-order chi connectivity index (χ1) is 13.1. The Kier molecular flexibility index (Phi) is 4.05. The molecular formula is C22H15NO4. The largest absolute Gasteiger partial charge is 0.465 e. The zero-order valence-electron chi connectivity index (χ0n) is 14.5. The van der Waals surface area contributed by atoms with Gasteiger partial charge in [-0.3, -0.25) is 9.59 Å². The fraction of sp³-hybridized carbons (Fsp3) is 0.0455. The van der Waals surface area contributed by atoms with Crippen LogP contribution in [0.3, 0.4) is 0 Å². The maximum atomic E-state index is 12.8. The lowest BCUT2D eigenvalue weighted by molar-refractivity contribution is 0.0600. The number of ether oxygens (including phenoxy) is 1. The molecule has 0 saturated heterocycles. The number of hydrogen-bond donors (Lipinski definition) is 1. The predicted molar refractivity (Wildman–Crippen MR) is 101 cm³/mol. The van der Waals surface area contributed by atoms with Gasteiger partial charge in [0.2, 0.25) is 0 Å². The Morgan fingerprint density at radius 2 is 1.56 bits per heavy atom. The number of carbonyl (C=O) groups excluding carboxylic acids is 3. The molecule has 132 valence electrons. The molecule has 0 spiro atoms. The Balaban J connectivity index is 1.69. The van der Waals surface area contributed by atoms with Crippen molar-refractivity contribution in [1.82, 2.24) is 0 Å². The molecule has 1 amide bonds. The molecule has 1 aliphatic rings. The molecule has 0 radical (unpaired) electrons. The number of ketones is 1. The van der Waals surface area contributed by atoms with E-state index in [4.69, 9.17) is 4.74 Å². The first-order valence-corrected chi connectivity index (χ1v) is 8.37. The molecule has 1 aliphatic carbocycles. The fourth-order valence-corrected chi connectivity index (χ4v) is 3.30. The second-order valence-corrected chi connectivity index (χ2v) is 6.13. The van der Waals surface area contributed by atoms with Gasteiger partial charge in [-0.15, -0.1) is 0 Å². The summed E-state index contributed by atoms with van der Waals surface area (Å²) in [6.45, 7) is 0. The monoisotopic (exact) mass is 357 g/mol. The van der Waals surface area contributed by atoms with Crippen molar-refractivity contribution < 1.29 is 19.1 Å². The van der Waals surface area contributed by atoms with E-state index in [9.17, 15) is 14.4 Å². The van der Waals surface area contributed by atoms with E-state index >= 15 is 0 Å². The normalized spacial score (nSPS) is 11.5. The van der Waals surface area contributed by atoms with Gasteiger partial charge in [-0.2, -0.15) is 0 Å². The van der Waals surface area contributed by atoms with Gasteiger partial charge in [0.15, 0.2) is 5.78 Å². The maximum absolute atomic E-state index is 12.8. The van der Waals surface area contributed by atoms with Crippen molar-refractivity contribution in [3.63, 3.8) is 0 Å². The van der Waals surface area contributed by atoms with Gasteiger partial charge in [0.25, 0.3) is 5.91 Å². The van der Waals surface area contributed by atoms with Gasteiger partial charge >= 0.3 is 5.97 Å². The number of carbonyl (C=O) groups is 3. The van der Waals surface area contributed by atoms with Crippen LogP contribution in [0.1, 0.15) is 36.6 Å². The fourth-order valence-electron chi connectivity index (χ4n) is 3.30. The van der Waals surface area contributed by atoms with E-state index in [2.05, 4.69) is 5.32 Å². The van der Waals surface area contributed by atoms with E-state index in [0.29, 0.717) is 27.9 Å². The molecule has 0 fully saturated rings. The third-order valence-corrected chi connectivity index (χ3v) is 4.54. The zero-order valence-corrected chi connectivity index (χ0v) is 14.5. The van der Waals surface area contributed by atoms with Crippen molar-refractivity contribution in [1.29, 1.82) is 0 Å². The van der Waals surface area contributed by atoms with Gasteiger partial charge < -0.3 is 10.1 Å². The van der Waals surface area contributed by atoms with Gasteiger partial charge in [-0.1, -0.05) is 42.5 Å². The molecule has 4 rings (SSSR count). The summed E-state index contributed by atoms with van der Waals surface area (Å²) >= 11 is 0. The molecule has 0 heterocycles. The van der Waals surface area contributed by atoms with Gasteiger partial charge in [0.1, 0.15) is 0 Å². The number of benzene rings is 3. The first-order valence-electron chi connectivity index (χ1n) is 8.37. The van der Waals surface area contributed by atoms with Crippen LogP contribution in [0.15, 0.2) is 66.7 Å². The number of amides is 1. The number of esters is 1. The molecule has 0 saturated carbocycles. The summed E-state index contributed by atoms with van der Waals surface area (Å²) in [6, 6.07) is 19.0. The van der Waals surface area contributed by atoms with Crippen LogP contribution in [0.2, 0.25) is 0 Å². The molecule has 5 heteroatoms. The highest BCUT2D eigenvalue weighted by molar-refractivity contribution is 6.26. The Morgan fingerprint density at radius 3 is 2.33 bits per heavy atom. The molecule has 0 bridgehead atoms. The first kappa shape index (κ1) is 16.7. The zero-order chi connectivity index (χ0) is 19.0. The van der Waals surface area contributed by atoms with Crippen molar-refractivity contribution in [2.45, 2.75) is 0 Å². The van der Waals surface area contributed by atoms with Crippen LogP contribution in [-0.2, 0) is 4.74 Å². The van der Waals surface area contributed by atoms with Crippen LogP contribution >= 0.6 is 0 Å². The van der Waals surface area contributed by atoms with Gasteiger partial charge in [-0.25, -0.2) is 4.79 Å². The third kappa shape index (κ3) is 2.79. The van der Waals surface area contributed by atoms with Crippen molar-refractivity contribution in [3.05, 3.63) is 89.0 Å². The van der Waals surface area contributed by atoms with E-state index in [0.717, 1.165) is 11.1 Å². The van der Waals surface area contributed by atoms with E-state index < -0.39 is 11.9 Å². The summed E-state index contributed by atoms with van der Waals surface area (Å²) < 4.78 is 4.69. The Hall–Kier alpha value is -3.73. The Labute approximate surface area is 155 Å². The van der Waals surface area contributed by atoms with Crippen molar-refractivity contribution in [2.24, 2.45) is 0 Å². The minimum Gasteiger partial charge on any atom is -0.465 e. The highest BCUT2D eigenvalue weighted by atomic mass is 16.5. The maximum Gasteiger partial charge on any atom is 0.337 e. The van der Waals surface area contributed by atoms with Gasteiger partial charge in [-0.05, 0) is 35.4 Å². The van der Waals surface area contributed by atoms with Gasteiger partial charge in [0, 0.05) is 16.8 Å². The molecule has 1 N–H and O–H groups in total. The van der Waals surface area contributed by atoms with Gasteiger partial charge in [0.05, 0.1) is 18.2 Å². The van der Waals surface area contributed by atoms with Crippen LogP contribution in [0.5, 0.6) is 0 Å². The SMILES string of the molecule is COC(=O)c1cccc(NC(=O)c2cccc3c2C(=O)c2ccccc2-3)c1. The Bertz CT molecular complexity index is 1100. The molecule has 0 aromatic heterocycles. The lowest BCUT2D eigenvalue weighted by Crippen LogP contribution is -2.16. The summed E-state index contributed by atoms with van der Waals surface area (Å²) in [5.74, 6) is -1.05. The molecule has 27 heavy (non-hydrogen) atoms. The van der Waals surface area contributed by atoms with E-state index in [-0.39, 0.29) is 5.78 Å². The second kappa shape index (κ2) is 6.53. The lowest BCUT2D eigenvalue weighted by atomic mass is 10.00. The minimum atomic E-state index is -0.489. The summed E-state index contributed by atoms with van der Waals surface area (Å²) in [5, 5.41) is 2.76. The predicted octanol–water partition coefficient (Wildman–Crippen LogP) is 3.94. The molecule has 0 aliphatic heterocycles. The molecule has 3 aromatic carbocycles. The molecule has 3 aromatic rings.